The van der Waals surface area contributed by atoms with Crippen LogP contribution in [0.4, 0.5) is 0 Å². The molecule has 1 aliphatic rings. The van der Waals surface area contributed by atoms with Crippen LogP contribution in [0, 0.1) is 6.92 Å². The minimum atomic E-state index is -0.263. The van der Waals surface area contributed by atoms with E-state index in [1.165, 1.54) is 0 Å². The number of hydrogen-bond acceptors (Lipinski definition) is 4. The Hall–Kier alpha value is -3.18. The van der Waals surface area contributed by atoms with Crippen LogP contribution in [0.3, 0.4) is 0 Å². The largest absolute Gasteiger partial charge is 0.493 e. The molecule has 0 aromatic heterocycles. The monoisotopic (exact) mass is 462 g/mol. The van der Waals surface area contributed by atoms with Gasteiger partial charge in [0, 0.05) is 15.6 Å². The lowest BCUT2D eigenvalue weighted by atomic mass is 10.1. The Balaban J connectivity index is 1.64. The highest BCUT2D eigenvalue weighted by molar-refractivity contribution is 9.10. The summed E-state index contributed by atoms with van der Waals surface area (Å²) < 4.78 is 12.1. The van der Waals surface area contributed by atoms with E-state index in [0.717, 1.165) is 11.1 Å². The van der Waals surface area contributed by atoms with E-state index in [0.29, 0.717) is 39.3 Å². The summed E-state index contributed by atoms with van der Waals surface area (Å²) in [5.74, 6) is 0.566. The van der Waals surface area contributed by atoms with Gasteiger partial charge in [0.05, 0.1) is 12.7 Å². The van der Waals surface area contributed by atoms with E-state index in [-0.39, 0.29) is 17.1 Å². The molecular weight excluding hydrogens is 444 g/mol. The zero-order chi connectivity index (χ0) is 21.3. The van der Waals surface area contributed by atoms with Crippen LogP contribution in [-0.4, -0.2) is 18.7 Å². The summed E-state index contributed by atoms with van der Waals surface area (Å²) in [5, 5.41) is 0. The Kier molecular flexibility index (Phi) is 5.55. The van der Waals surface area contributed by atoms with E-state index in [4.69, 9.17) is 9.47 Å². The Labute approximate surface area is 183 Å². The number of ether oxygens (including phenoxy) is 2. The van der Waals surface area contributed by atoms with Gasteiger partial charge in [-0.25, -0.2) is 0 Å². The molecule has 30 heavy (non-hydrogen) atoms. The van der Waals surface area contributed by atoms with Gasteiger partial charge in [-0.1, -0.05) is 70.0 Å². The first-order chi connectivity index (χ1) is 14.5. The van der Waals surface area contributed by atoms with Gasteiger partial charge in [0.1, 0.15) is 6.61 Å². The Bertz CT molecular complexity index is 1160. The van der Waals surface area contributed by atoms with Crippen molar-refractivity contribution in [3.05, 3.63) is 98.5 Å². The molecule has 4 rings (SSSR count). The molecule has 0 heterocycles. The molecule has 0 saturated carbocycles. The van der Waals surface area contributed by atoms with Gasteiger partial charge >= 0.3 is 0 Å². The maximum Gasteiger partial charge on any atom is 0.197 e. The first-order valence-electron chi connectivity index (χ1n) is 9.44. The molecule has 0 aliphatic heterocycles. The third kappa shape index (κ3) is 3.81. The standard InChI is InChI=1S/C25H19BrO4/c1-15-6-5-7-16(10-15)14-30-23-13-21(26)17(12-22(23)29-2)11-20-24(27)18-8-3-4-9-19(18)25(20)28/h3-13H,14H2,1-2H3. The third-order valence-corrected chi connectivity index (χ3v) is 5.65. The highest BCUT2D eigenvalue weighted by Gasteiger charge is 2.32. The number of hydrogen-bond donors (Lipinski definition) is 0. The van der Waals surface area contributed by atoms with E-state index in [2.05, 4.69) is 22.0 Å². The first kappa shape index (κ1) is 20.1. The maximum absolute atomic E-state index is 12.7. The van der Waals surface area contributed by atoms with Gasteiger partial charge in [0.25, 0.3) is 0 Å². The highest BCUT2D eigenvalue weighted by atomic mass is 79.9. The normalized spacial score (nSPS) is 12.7. The minimum Gasteiger partial charge on any atom is -0.493 e. The Morgan fingerprint density at radius 3 is 2.23 bits per heavy atom. The van der Waals surface area contributed by atoms with Gasteiger partial charge in [-0.05, 0) is 36.3 Å². The molecule has 3 aromatic carbocycles. The fourth-order valence-corrected chi connectivity index (χ4v) is 3.89. The van der Waals surface area contributed by atoms with E-state index in [1.807, 2.05) is 25.1 Å². The van der Waals surface area contributed by atoms with Crippen molar-refractivity contribution in [2.24, 2.45) is 0 Å². The summed E-state index contributed by atoms with van der Waals surface area (Å²) in [4.78, 5) is 25.3. The molecule has 0 N–H and O–H groups in total. The third-order valence-electron chi connectivity index (χ3n) is 4.97. The zero-order valence-electron chi connectivity index (χ0n) is 16.6. The van der Waals surface area contributed by atoms with Crippen LogP contribution in [0.25, 0.3) is 6.08 Å². The number of ketones is 2. The number of halogens is 1. The molecule has 1 aliphatic carbocycles. The summed E-state index contributed by atoms with van der Waals surface area (Å²) in [6, 6.07) is 18.5. The SMILES string of the molecule is COc1cc(C=C2C(=O)c3ccccc3C2=O)c(Br)cc1OCc1cccc(C)c1. The topological polar surface area (TPSA) is 52.6 Å². The number of Topliss-reactive ketones (excluding diaryl/α,β-unsaturated/α-hetero) is 2. The van der Waals surface area contributed by atoms with Crippen LogP contribution in [0.1, 0.15) is 37.4 Å². The van der Waals surface area contributed by atoms with Gasteiger partial charge in [0.2, 0.25) is 0 Å². The van der Waals surface area contributed by atoms with E-state index in [9.17, 15) is 9.59 Å². The number of benzene rings is 3. The van der Waals surface area contributed by atoms with Crippen molar-refractivity contribution < 1.29 is 19.1 Å². The molecule has 0 bridgehead atoms. The summed E-state index contributed by atoms with van der Waals surface area (Å²) in [6.45, 7) is 2.43. The number of carbonyl (C=O) groups is 2. The molecule has 0 spiro atoms. The van der Waals surface area contributed by atoms with Gasteiger partial charge in [-0.2, -0.15) is 0 Å². The molecule has 4 nitrogen and oxygen atoms in total. The number of allylic oxidation sites excluding steroid dienone is 1. The van der Waals surface area contributed by atoms with Crippen molar-refractivity contribution >= 4 is 33.6 Å². The number of aryl methyl sites for hydroxylation is 1. The molecule has 0 radical (unpaired) electrons. The second kappa shape index (κ2) is 8.28. The van der Waals surface area contributed by atoms with E-state index < -0.39 is 0 Å². The van der Waals surface area contributed by atoms with Gasteiger partial charge in [-0.3, -0.25) is 9.59 Å². The molecular formula is C25H19BrO4. The number of fused-ring (bicyclic) bond motifs is 1. The van der Waals surface area contributed by atoms with Crippen LogP contribution in [0.2, 0.25) is 0 Å². The van der Waals surface area contributed by atoms with Gasteiger partial charge in [0.15, 0.2) is 23.1 Å². The molecule has 5 heteroatoms. The maximum atomic E-state index is 12.7. The fourth-order valence-electron chi connectivity index (χ4n) is 3.46. The smallest absolute Gasteiger partial charge is 0.197 e. The second-order valence-corrected chi connectivity index (χ2v) is 7.92. The van der Waals surface area contributed by atoms with E-state index >= 15 is 0 Å². The molecule has 0 unspecified atom stereocenters. The van der Waals surface area contributed by atoms with Crippen LogP contribution >= 0.6 is 15.9 Å². The van der Waals surface area contributed by atoms with Crippen molar-refractivity contribution in [1.29, 1.82) is 0 Å². The van der Waals surface area contributed by atoms with Crippen molar-refractivity contribution in [1.82, 2.24) is 0 Å². The predicted octanol–water partition coefficient (Wildman–Crippen LogP) is 5.81. The molecule has 0 fully saturated rings. The highest BCUT2D eigenvalue weighted by Crippen LogP contribution is 2.36. The summed E-state index contributed by atoms with van der Waals surface area (Å²) in [5.41, 5.74) is 3.91. The lowest BCUT2D eigenvalue weighted by Crippen LogP contribution is -2.01. The van der Waals surface area contributed by atoms with Crippen molar-refractivity contribution in [2.75, 3.05) is 7.11 Å². The van der Waals surface area contributed by atoms with Crippen LogP contribution in [0.5, 0.6) is 11.5 Å². The number of carbonyl (C=O) groups excluding carboxylic acids is 2. The van der Waals surface area contributed by atoms with E-state index in [1.54, 1.807) is 49.6 Å². The minimum absolute atomic E-state index is 0.146. The Morgan fingerprint density at radius 1 is 0.900 bits per heavy atom. The lowest BCUT2D eigenvalue weighted by Gasteiger charge is -2.13. The number of methoxy groups -OCH3 is 1. The first-order valence-corrected chi connectivity index (χ1v) is 10.2. The van der Waals surface area contributed by atoms with Crippen molar-refractivity contribution in [3.63, 3.8) is 0 Å². The average molecular weight is 463 g/mol. The quantitative estimate of drug-likeness (QED) is 0.354. The fraction of sp³-hybridized carbons (Fsp3) is 0.120. The van der Waals surface area contributed by atoms with Gasteiger partial charge in [-0.15, -0.1) is 0 Å². The summed E-state index contributed by atoms with van der Waals surface area (Å²) >= 11 is 3.53. The summed E-state index contributed by atoms with van der Waals surface area (Å²) in [7, 11) is 1.56. The van der Waals surface area contributed by atoms with Crippen LogP contribution in [0.15, 0.2) is 70.7 Å². The van der Waals surface area contributed by atoms with Crippen LogP contribution < -0.4 is 9.47 Å². The van der Waals surface area contributed by atoms with Crippen molar-refractivity contribution in [3.8, 4) is 11.5 Å². The summed E-state index contributed by atoms with van der Waals surface area (Å²) in [6.07, 6.45) is 1.60. The molecule has 150 valence electrons. The lowest BCUT2D eigenvalue weighted by molar-refractivity contribution is 0.0990. The second-order valence-electron chi connectivity index (χ2n) is 7.06. The molecule has 3 aromatic rings. The Morgan fingerprint density at radius 2 is 1.60 bits per heavy atom. The van der Waals surface area contributed by atoms with Crippen LogP contribution in [-0.2, 0) is 6.61 Å². The average Bonchev–Trinajstić information content (AvgIpc) is 2.99. The predicted molar refractivity (Wildman–Crippen MR) is 119 cm³/mol. The van der Waals surface area contributed by atoms with Gasteiger partial charge < -0.3 is 9.47 Å². The molecule has 0 saturated heterocycles. The zero-order valence-corrected chi connectivity index (χ0v) is 18.2. The molecule has 0 atom stereocenters. The number of rotatable bonds is 5. The molecule has 0 amide bonds. The van der Waals surface area contributed by atoms with Crippen molar-refractivity contribution in [2.45, 2.75) is 13.5 Å².